The van der Waals surface area contributed by atoms with Gasteiger partial charge in [-0.25, -0.2) is 0 Å². The smallest absolute Gasteiger partial charge is 0.0548 e. The van der Waals surface area contributed by atoms with Crippen LogP contribution in [0, 0.1) is 5.92 Å². The lowest BCUT2D eigenvalue weighted by molar-refractivity contribution is 0.123. The second-order valence-electron chi connectivity index (χ2n) is 6.56. The number of hydrogen-bond donors (Lipinski definition) is 1. The molecule has 2 aliphatic rings. The summed E-state index contributed by atoms with van der Waals surface area (Å²) >= 11 is 0. The summed E-state index contributed by atoms with van der Waals surface area (Å²) in [4.78, 5) is 0. The van der Waals surface area contributed by atoms with Crippen LogP contribution in [-0.2, 0) is 6.42 Å². The molecule has 2 unspecified atom stereocenters. The molecule has 0 aliphatic heterocycles. The van der Waals surface area contributed by atoms with Crippen molar-refractivity contribution in [2.75, 3.05) is 0 Å². The molecule has 1 saturated carbocycles. The van der Waals surface area contributed by atoms with Crippen molar-refractivity contribution in [3.8, 4) is 0 Å². The summed E-state index contributed by atoms with van der Waals surface area (Å²) in [6, 6.07) is 8.85. The number of fused-ring (bicyclic) bond motifs is 1. The molecule has 19 heavy (non-hydrogen) atoms. The molecular formula is C18H26O. The van der Waals surface area contributed by atoms with Crippen LogP contribution in [0.3, 0.4) is 0 Å². The summed E-state index contributed by atoms with van der Waals surface area (Å²) in [5.41, 5.74) is 3.03. The minimum atomic E-state index is -0.0840. The van der Waals surface area contributed by atoms with E-state index in [9.17, 15) is 5.11 Å². The molecule has 2 aliphatic carbocycles. The van der Waals surface area contributed by atoms with Crippen molar-refractivity contribution in [2.24, 2.45) is 5.92 Å². The summed E-state index contributed by atoms with van der Waals surface area (Å²) in [6.45, 7) is 0. The van der Waals surface area contributed by atoms with Gasteiger partial charge in [0, 0.05) is 0 Å². The standard InChI is InChI=1S/C18H26O/c19-17(12-14-6-1-2-7-14)13-16-10-5-9-15-8-3-4-11-18(15)16/h3-4,8,11,14,16-17,19H,1-2,5-7,9-10,12-13H2. The lowest BCUT2D eigenvalue weighted by Crippen LogP contribution is -2.19. The molecule has 0 spiro atoms. The molecule has 1 aromatic rings. The highest BCUT2D eigenvalue weighted by atomic mass is 16.3. The van der Waals surface area contributed by atoms with Crippen molar-refractivity contribution in [1.29, 1.82) is 0 Å². The molecule has 0 bridgehead atoms. The highest BCUT2D eigenvalue weighted by Crippen LogP contribution is 2.37. The molecule has 1 heteroatoms. The maximum Gasteiger partial charge on any atom is 0.0548 e. The quantitative estimate of drug-likeness (QED) is 0.846. The first-order valence-corrected chi connectivity index (χ1v) is 8.09. The molecule has 1 fully saturated rings. The zero-order valence-corrected chi connectivity index (χ0v) is 11.9. The Labute approximate surface area is 117 Å². The van der Waals surface area contributed by atoms with Crippen molar-refractivity contribution >= 4 is 0 Å². The van der Waals surface area contributed by atoms with E-state index >= 15 is 0 Å². The van der Waals surface area contributed by atoms with Crippen LogP contribution in [0.2, 0.25) is 0 Å². The minimum absolute atomic E-state index is 0.0840. The third kappa shape index (κ3) is 3.20. The van der Waals surface area contributed by atoms with Crippen LogP contribution in [0.5, 0.6) is 0 Å². The zero-order valence-electron chi connectivity index (χ0n) is 11.9. The van der Waals surface area contributed by atoms with Gasteiger partial charge in [-0.2, -0.15) is 0 Å². The van der Waals surface area contributed by atoms with Gasteiger partial charge < -0.3 is 5.11 Å². The van der Waals surface area contributed by atoms with Crippen LogP contribution in [0.15, 0.2) is 24.3 Å². The fourth-order valence-electron chi connectivity index (χ4n) is 4.15. The minimum Gasteiger partial charge on any atom is -0.393 e. The lowest BCUT2D eigenvalue weighted by Gasteiger charge is -2.28. The molecular weight excluding hydrogens is 232 g/mol. The van der Waals surface area contributed by atoms with Gasteiger partial charge >= 0.3 is 0 Å². The van der Waals surface area contributed by atoms with Gasteiger partial charge in [0.2, 0.25) is 0 Å². The van der Waals surface area contributed by atoms with Crippen LogP contribution in [-0.4, -0.2) is 11.2 Å². The van der Waals surface area contributed by atoms with Crippen LogP contribution in [0.1, 0.15) is 68.4 Å². The Morgan fingerprint density at radius 2 is 1.79 bits per heavy atom. The molecule has 0 amide bonds. The molecule has 0 radical (unpaired) electrons. The Balaban J connectivity index is 1.60. The van der Waals surface area contributed by atoms with Crippen molar-refractivity contribution in [3.05, 3.63) is 35.4 Å². The van der Waals surface area contributed by atoms with Crippen LogP contribution >= 0.6 is 0 Å². The maximum absolute atomic E-state index is 10.4. The van der Waals surface area contributed by atoms with Crippen molar-refractivity contribution in [3.63, 3.8) is 0 Å². The Kier molecular flexibility index (Phi) is 4.22. The first-order chi connectivity index (χ1) is 9.33. The monoisotopic (exact) mass is 258 g/mol. The molecule has 0 heterocycles. The van der Waals surface area contributed by atoms with E-state index in [-0.39, 0.29) is 6.10 Å². The molecule has 2 atom stereocenters. The Morgan fingerprint density at radius 3 is 2.63 bits per heavy atom. The number of aliphatic hydroxyl groups excluding tert-OH is 1. The van der Waals surface area contributed by atoms with E-state index in [1.165, 1.54) is 56.1 Å². The van der Waals surface area contributed by atoms with E-state index in [4.69, 9.17) is 0 Å². The van der Waals surface area contributed by atoms with Crippen LogP contribution in [0.25, 0.3) is 0 Å². The largest absolute Gasteiger partial charge is 0.393 e. The van der Waals surface area contributed by atoms with Gasteiger partial charge in [0.05, 0.1) is 6.10 Å². The van der Waals surface area contributed by atoms with E-state index in [0.717, 1.165) is 18.8 Å². The molecule has 104 valence electrons. The van der Waals surface area contributed by atoms with Crippen molar-refractivity contribution in [2.45, 2.75) is 69.8 Å². The Bertz CT molecular complexity index is 406. The fraction of sp³-hybridized carbons (Fsp3) is 0.667. The SMILES string of the molecule is OC(CC1CCCC1)CC1CCCc2ccccc21. The van der Waals surface area contributed by atoms with Gasteiger partial charge in [0.15, 0.2) is 0 Å². The predicted molar refractivity (Wildman–Crippen MR) is 79.3 cm³/mol. The van der Waals surface area contributed by atoms with Crippen molar-refractivity contribution < 1.29 is 5.11 Å². The molecule has 1 aromatic carbocycles. The second kappa shape index (κ2) is 6.09. The molecule has 1 N–H and O–H groups in total. The van der Waals surface area contributed by atoms with Gasteiger partial charge in [-0.3, -0.25) is 0 Å². The van der Waals surface area contributed by atoms with Gasteiger partial charge in [0.25, 0.3) is 0 Å². The van der Waals surface area contributed by atoms with Gasteiger partial charge in [-0.1, -0.05) is 49.9 Å². The first kappa shape index (κ1) is 13.2. The van der Waals surface area contributed by atoms with E-state index in [0.29, 0.717) is 5.92 Å². The number of aliphatic hydroxyl groups is 1. The third-order valence-electron chi connectivity index (χ3n) is 5.13. The Morgan fingerprint density at radius 1 is 1.00 bits per heavy atom. The number of rotatable bonds is 4. The summed E-state index contributed by atoms with van der Waals surface area (Å²) in [5, 5.41) is 10.4. The normalized spacial score (nSPS) is 25.2. The topological polar surface area (TPSA) is 20.2 Å². The second-order valence-corrected chi connectivity index (χ2v) is 6.56. The average molecular weight is 258 g/mol. The average Bonchev–Trinajstić information content (AvgIpc) is 2.92. The summed E-state index contributed by atoms with van der Waals surface area (Å²) in [5.74, 6) is 1.40. The summed E-state index contributed by atoms with van der Waals surface area (Å²) in [7, 11) is 0. The van der Waals surface area contributed by atoms with E-state index in [1.807, 2.05) is 0 Å². The first-order valence-electron chi connectivity index (χ1n) is 8.09. The number of benzene rings is 1. The molecule has 1 nitrogen and oxygen atoms in total. The summed E-state index contributed by atoms with van der Waals surface area (Å²) < 4.78 is 0. The van der Waals surface area contributed by atoms with Gasteiger partial charge in [0.1, 0.15) is 0 Å². The highest BCUT2D eigenvalue weighted by Gasteiger charge is 2.25. The predicted octanol–water partition coefficient (Wildman–Crippen LogP) is 4.44. The zero-order chi connectivity index (χ0) is 13.1. The molecule has 0 saturated heterocycles. The maximum atomic E-state index is 10.4. The molecule has 0 aromatic heterocycles. The van der Waals surface area contributed by atoms with E-state index in [1.54, 1.807) is 0 Å². The van der Waals surface area contributed by atoms with Crippen molar-refractivity contribution in [1.82, 2.24) is 0 Å². The summed E-state index contributed by atoms with van der Waals surface area (Å²) in [6.07, 6.45) is 11.2. The fourth-order valence-corrected chi connectivity index (χ4v) is 4.15. The van der Waals surface area contributed by atoms with Gasteiger partial charge in [-0.05, 0) is 55.1 Å². The third-order valence-corrected chi connectivity index (χ3v) is 5.13. The number of aryl methyl sites for hydroxylation is 1. The Hall–Kier alpha value is -0.820. The van der Waals surface area contributed by atoms with Crippen LogP contribution in [0.4, 0.5) is 0 Å². The highest BCUT2D eigenvalue weighted by molar-refractivity contribution is 5.32. The lowest BCUT2D eigenvalue weighted by atomic mass is 9.79. The van der Waals surface area contributed by atoms with E-state index in [2.05, 4.69) is 24.3 Å². The van der Waals surface area contributed by atoms with E-state index < -0.39 is 0 Å². The van der Waals surface area contributed by atoms with Gasteiger partial charge in [-0.15, -0.1) is 0 Å². The molecule has 3 rings (SSSR count). The number of hydrogen-bond acceptors (Lipinski definition) is 1. The van der Waals surface area contributed by atoms with Crippen LogP contribution < -0.4 is 0 Å².